The number of nitrogens with one attached hydrogen (secondary N) is 2. The molecule has 5 rings (SSSR count). The van der Waals surface area contributed by atoms with Gasteiger partial charge in [-0.15, -0.1) is 0 Å². The minimum atomic E-state index is -0.784. The molecule has 172 valence electrons. The molecule has 0 saturated carbocycles. The maximum absolute atomic E-state index is 13.5. The van der Waals surface area contributed by atoms with Crippen molar-refractivity contribution >= 4 is 23.6 Å². The topological polar surface area (TPSA) is 121 Å². The molecule has 0 radical (unpaired) electrons. The fourth-order valence-corrected chi connectivity index (χ4v) is 4.92. The number of hydrogen-bond donors (Lipinski definition) is 2. The molecular weight excluding hydrogens is 428 g/mol. The van der Waals surface area contributed by atoms with Crippen molar-refractivity contribution in [2.45, 2.75) is 37.0 Å². The van der Waals surface area contributed by atoms with E-state index in [1.807, 2.05) is 0 Å². The number of carbonyl (C=O) groups is 4. The Bertz CT molecular complexity index is 1080. The molecule has 3 aliphatic heterocycles. The molecule has 1 aromatic heterocycles. The summed E-state index contributed by atoms with van der Waals surface area (Å²) in [4.78, 5) is 55.0. The second-order valence-corrected chi connectivity index (χ2v) is 8.47. The first-order valence-electron chi connectivity index (χ1n) is 10.9. The maximum atomic E-state index is 13.5. The minimum absolute atomic E-state index is 0.167. The number of hydrogen-bond acceptors (Lipinski definition) is 6. The predicted molar refractivity (Wildman–Crippen MR) is 114 cm³/mol. The van der Waals surface area contributed by atoms with Gasteiger partial charge in [0.05, 0.1) is 19.4 Å². The lowest BCUT2D eigenvalue weighted by molar-refractivity contribution is -0.138. The van der Waals surface area contributed by atoms with E-state index < -0.39 is 30.1 Å². The molecule has 0 bridgehead atoms. The molecule has 3 aliphatic rings. The Morgan fingerprint density at radius 1 is 1.18 bits per heavy atom. The van der Waals surface area contributed by atoms with Crippen molar-refractivity contribution in [1.29, 1.82) is 0 Å². The molecule has 10 heteroatoms. The Hall–Kier alpha value is -3.82. The number of fused-ring (bicyclic) bond motifs is 2. The van der Waals surface area contributed by atoms with E-state index in [2.05, 4.69) is 10.6 Å². The number of amides is 4. The molecule has 10 nitrogen and oxygen atoms in total. The van der Waals surface area contributed by atoms with Gasteiger partial charge in [0.1, 0.15) is 17.8 Å². The van der Waals surface area contributed by atoms with Crippen LogP contribution < -0.4 is 15.4 Å². The molecule has 3 fully saturated rings. The summed E-state index contributed by atoms with van der Waals surface area (Å²) in [5, 5.41) is 5.78. The number of methoxy groups -OCH3 is 1. The molecule has 4 unspecified atom stereocenters. The van der Waals surface area contributed by atoms with Crippen LogP contribution in [-0.4, -0.2) is 77.8 Å². The van der Waals surface area contributed by atoms with Crippen LogP contribution >= 0.6 is 0 Å². The van der Waals surface area contributed by atoms with E-state index in [9.17, 15) is 19.2 Å². The van der Waals surface area contributed by atoms with Gasteiger partial charge in [0.25, 0.3) is 11.8 Å². The first kappa shape index (κ1) is 21.0. The van der Waals surface area contributed by atoms with Gasteiger partial charge in [-0.3, -0.25) is 19.2 Å². The third-order valence-corrected chi connectivity index (χ3v) is 6.54. The molecular formula is C23H24N4O6. The Balaban J connectivity index is 1.34. The standard InChI is InChI=1S/C23H24N4O6/c1-32-15-6-4-13(5-7-15)22(30)26-9-8-16-19(26)23(31)27-12-14(11-17(27)20(28)25-16)24-21(29)18-3-2-10-33-18/h2-7,10,14,16-17,19H,8-9,11-12H2,1H3,(H,24,29)(H,25,28). The van der Waals surface area contributed by atoms with Crippen molar-refractivity contribution in [2.24, 2.45) is 0 Å². The van der Waals surface area contributed by atoms with E-state index in [1.165, 1.54) is 16.1 Å². The van der Waals surface area contributed by atoms with Crippen LogP contribution in [0.5, 0.6) is 5.75 Å². The quantitative estimate of drug-likeness (QED) is 0.693. The van der Waals surface area contributed by atoms with Crippen molar-refractivity contribution in [3.05, 3.63) is 54.0 Å². The van der Waals surface area contributed by atoms with E-state index in [-0.39, 0.29) is 30.0 Å². The zero-order valence-electron chi connectivity index (χ0n) is 18.0. The average Bonchev–Trinajstić information content (AvgIpc) is 3.57. The number of ether oxygens (including phenoxy) is 1. The van der Waals surface area contributed by atoms with Crippen molar-refractivity contribution < 1.29 is 28.3 Å². The number of likely N-dealkylation sites (tertiary alicyclic amines) is 1. The highest BCUT2D eigenvalue weighted by Gasteiger charge is 2.52. The van der Waals surface area contributed by atoms with E-state index in [0.29, 0.717) is 30.7 Å². The van der Waals surface area contributed by atoms with Crippen LogP contribution in [0.15, 0.2) is 47.1 Å². The molecule has 0 spiro atoms. The lowest BCUT2D eigenvalue weighted by Gasteiger charge is -2.29. The molecule has 4 atom stereocenters. The van der Waals surface area contributed by atoms with E-state index >= 15 is 0 Å². The van der Waals surface area contributed by atoms with Crippen molar-refractivity contribution in [3.8, 4) is 5.75 Å². The normalized spacial score (nSPS) is 26.3. The highest BCUT2D eigenvalue weighted by Crippen LogP contribution is 2.30. The predicted octanol–water partition coefficient (Wildman–Crippen LogP) is 0.401. The van der Waals surface area contributed by atoms with Crippen molar-refractivity contribution in [2.75, 3.05) is 20.2 Å². The first-order valence-corrected chi connectivity index (χ1v) is 10.9. The smallest absolute Gasteiger partial charge is 0.287 e. The van der Waals surface area contributed by atoms with Crippen LogP contribution in [0.3, 0.4) is 0 Å². The largest absolute Gasteiger partial charge is 0.497 e. The molecule has 2 aromatic rings. The van der Waals surface area contributed by atoms with Crippen LogP contribution in [0.2, 0.25) is 0 Å². The summed E-state index contributed by atoms with van der Waals surface area (Å²) in [5.41, 5.74) is 0.446. The van der Waals surface area contributed by atoms with Gasteiger partial charge in [-0.2, -0.15) is 0 Å². The molecule has 4 heterocycles. The van der Waals surface area contributed by atoms with Crippen LogP contribution in [0, 0.1) is 0 Å². The van der Waals surface area contributed by atoms with Gasteiger partial charge in [0.2, 0.25) is 11.8 Å². The van der Waals surface area contributed by atoms with E-state index in [4.69, 9.17) is 9.15 Å². The van der Waals surface area contributed by atoms with Crippen molar-refractivity contribution in [3.63, 3.8) is 0 Å². The molecule has 2 N–H and O–H groups in total. The Labute approximate surface area is 189 Å². The molecule has 0 aliphatic carbocycles. The molecule has 1 aromatic carbocycles. The summed E-state index contributed by atoms with van der Waals surface area (Å²) in [6, 6.07) is 7.56. The summed E-state index contributed by atoms with van der Waals surface area (Å²) < 4.78 is 10.3. The van der Waals surface area contributed by atoms with Crippen LogP contribution in [-0.2, 0) is 9.59 Å². The molecule has 3 saturated heterocycles. The fraction of sp³-hybridized carbons (Fsp3) is 0.391. The van der Waals surface area contributed by atoms with Gasteiger partial charge in [0.15, 0.2) is 5.76 Å². The van der Waals surface area contributed by atoms with Crippen LogP contribution in [0.1, 0.15) is 33.8 Å². The Morgan fingerprint density at radius 2 is 1.97 bits per heavy atom. The first-order chi connectivity index (χ1) is 16.0. The lowest BCUT2D eigenvalue weighted by Crippen LogP contribution is -2.52. The Kier molecular flexibility index (Phi) is 5.27. The minimum Gasteiger partial charge on any atom is -0.497 e. The van der Waals surface area contributed by atoms with Crippen LogP contribution in [0.4, 0.5) is 0 Å². The van der Waals surface area contributed by atoms with E-state index in [1.54, 1.807) is 43.5 Å². The zero-order valence-corrected chi connectivity index (χ0v) is 18.0. The Morgan fingerprint density at radius 3 is 2.67 bits per heavy atom. The summed E-state index contributed by atoms with van der Waals surface area (Å²) >= 11 is 0. The summed E-state index contributed by atoms with van der Waals surface area (Å²) in [6.07, 6.45) is 2.21. The van der Waals surface area contributed by atoms with Gasteiger partial charge in [-0.05, 0) is 49.2 Å². The monoisotopic (exact) mass is 452 g/mol. The number of carbonyl (C=O) groups excluding carboxylic acids is 4. The summed E-state index contributed by atoms with van der Waals surface area (Å²) in [7, 11) is 1.55. The second kappa shape index (κ2) is 8.27. The number of benzene rings is 1. The molecule has 4 amide bonds. The van der Waals surface area contributed by atoms with Gasteiger partial charge < -0.3 is 29.6 Å². The number of nitrogens with zero attached hydrogens (tertiary/aromatic N) is 2. The van der Waals surface area contributed by atoms with E-state index in [0.717, 1.165) is 0 Å². The maximum Gasteiger partial charge on any atom is 0.287 e. The zero-order chi connectivity index (χ0) is 23.1. The molecule has 33 heavy (non-hydrogen) atoms. The number of furan rings is 1. The third-order valence-electron chi connectivity index (χ3n) is 6.54. The van der Waals surface area contributed by atoms with Gasteiger partial charge in [0, 0.05) is 24.7 Å². The highest BCUT2D eigenvalue weighted by molar-refractivity contribution is 6.01. The van der Waals surface area contributed by atoms with Crippen LogP contribution in [0.25, 0.3) is 0 Å². The third kappa shape index (κ3) is 3.71. The number of rotatable bonds is 4. The lowest BCUT2D eigenvalue weighted by atomic mass is 10.1. The second-order valence-electron chi connectivity index (χ2n) is 8.47. The average molecular weight is 452 g/mol. The van der Waals surface area contributed by atoms with Gasteiger partial charge in [-0.25, -0.2) is 0 Å². The SMILES string of the molecule is COc1ccc(C(=O)N2CCC3NC(=O)C4CC(NC(=O)c5ccco5)CN4C(=O)C32)cc1. The van der Waals surface area contributed by atoms with Gasteiger partial charge in [-0.1, -0.05) is 0 Å². The fourth-order valence-electron chi connectivity index (χ4n) is 4.92. The summed E-state index contributed by atoms with van der Waals surface area (Å²) in [5.74, 6) is -0.411. The summed E-state index contributed by atoms with van der Waals surface area (Å²) in [6.45, 7) is 0.556. The highest BCUT2D eigenvalue weighted by atomic mass is 16.5. The van der Waals surface area contributed by atoms with Gasteiger partial charge >= 0.3 is 0 Å². The van der Waals surface area contributed by atoms with Crippen molar-refractivity contribution in [1.82, 2.24) is 20.4 Å².